The summed E-state index contributed by atoms with van der Waals surface area (Å²) in [5, 5.41) is 0. The Balaban J connectivity index is 1.72. The normalized spacial score (nSPS) is 14.6. The maximum Gasteiger partial charge on any atom is 0.416 e. The first-order chi connectivity index (χ1) is 10.8. The number of piperidine rings is 1. The Morgan fingerprint density at radius 2 is 1.77 bits per heavy atom. The molecule has 1 saturated heterocycles. The van der Waals surface area contributed by atoms with Gasteiger partial charge in [0.05, 0.1) is 0 Å². The van der Waals surface area contributed by atoms with Gasteiger partial charge < -0.3 is 9.64 Å². The molecule has 1 amide bonds. The molecular weight excluding hydrogens is 278 g/mol. The van der Waals surface area contributed by atoms with E-state index >= 15 is 0 Å². The molecule has 1 fully saturated rings. The van der Waals surface area contributed by atoms with Crippen LogP contribution in [0.5, 0.6) is 5.88 Å². The van der Waals surface area contributed by atoms with E-state index in [2.05, 4.69) is 9.97 Å². The Labute approximate surface area is 130 Å². The maximum atomic E-state index is 12.2. The number of carbonyl (C=O) groups excluding carboxylic acids is 1. The van der Waals surface area contributed by atoms with Gasteiger partial charge in [0.2, 0.25) is 5.88 Å². The third-order valence-corrected chi connectivity index (χ3v) is 3.75. The molecule has 0 aliphatic carbocycles. The van der Waals surface area contributed by atoms with Gasteiger partial charge in [0, 0.05) is 31.9 Å². The van der Waals surface area contributed by atoms with E-state index in [-0.39, 0.29) is 6.09 Å². The molecule has 1 aliphatic heterocycles. The van der Waals surface area contributed by atoms with Crippen molar-refractivity contribution < 1.29 is 9.53 Å². The van der Waals surface area contributed by atoms with Crippen molar-refractivity contribution in [2.24, 2.45) is 0 Å². The van der Waals surface area contributed by atoms with E-state index in [1.54, 1.807) is 17.3 Å². The summed E-state index contributed by atoms with van der Waals surface area (Å²) in [6, 6.07) is 9.96. The van der Waals surface area contributed by atoms with Crippen LogP contribution >= 0.6 is 0 Å². The Kier molecular flexibility index (Phi) is 4.63. The lowest BCUT2D eigenvalue weighted by Gasteiger charge is -2.25. The standard InChI is InChI=1S/C17H19N3O2/c21-17(20-11-5-2-6-12-20)22-16-15(18-9-10-19-16)13-14-7-3-1-4-8-14/h1,3-4,7-10H,2,5-6,11-13H2. The van der Waals surface area contributed by atoms with Crippen LogP contribution in [-0.2, 0) is 6.42 Å². The number of hydrogen-bond acceptors (Lipinski definition) is 4. The Hall–Kier alpha value is -2.43. The van der Waals surface area contributed by atoms with Crippen molar-refractivity contribution in [3.05, 3.63) is 54.0 Å². The van der Waals surface area contributed by atoms with Crippen LogP contribution in [0.2, 0.25) is 0 Å². The first-order valence-electron chi connectivity index (χ1n) is 7.63. The number of likely N-dealkylation sites (tertiary alicyclic amines) is 1. The topological polar surface area (TPSA) is 55.3 Å². The molecule has 3 rings (SSSR count). The van der Waals surface area contributed by atoms with E-state index < -0.39 is 0 Å². The van der Waals surface area contributed by atoms with Crippen LogP contribution in [0.15, 0.2) is 42.7 Å². The SMILES string of the molecule is O=C(Oc1nccnc1Cc1ccccc1)N1CCCCC1. The number of nitrogens with zero attached hydrogens (tertiary/aromatic N) is 3. The number of benzene rings is 1. The summed E-state index contributed by atoms with van der Waals surface area (Å²) in [4.78, 5) is 22.4. The second kappa shape index (κ2) is 7.02. The fraction of sp³-hybridized carbons (Fsp3) is 0.353. The van der Waals surface area contributed by atoms with Crippen LogP contribution in [0.4, 0.5) is 4.79 Å². The Morgan fingerprint density at radius 1 is 1.05 bits per heavy atom. The Bertz CT molecular complexity index is 625. The van der Waals surface area contributed by atoms with E-state index in [0.717, 1.165) is 31.5 Å². The number of ether oxygens (including phenoxy) is 1. The van der Waals surface area contributed by atoms with Gasteiger partial charge in [-0.1, -0.05) is 30.3 Å². The molecule has 0 radical (unpaired) electrons. The lowest BCUT2D eigenvalue weighted by atomic mass is 10.1. The van der Waals surface area contributed by atoms with Crippen molar-refractivity contribution in [3.63, 3.8) is 0 Å². The van der Waals surface area contributed by atoms with Gasteiger partial charge in [0.1, 0.15) is 5.69 Å². The highest BCUT2D eigenvalue weighted by molar-refractivity contribution is 5.70. The van der Waals surface area contributed by atoms with Crippen molar-refractivity contribution in [1.82, 2.24) is 14.9 Å². The smallest absolute Gasteiger partial charge is 0.389 e. The van der Waals surface area contributed by atoms with Gasteiger partial charge in [-0.05, 0) is 24.8 Å². The third-order valence-electron chi connectivity index (χ3n) is 3.75. The largest absolute Gasteiger partial charge is 0.416 e. The third kappa shape index (κ3) is 3.61. The first kappa shape index (κ1) is 14.5. The van der Waals surface area contributed by atoms with Crippen molar-refractivity contribution in [3.8, 4) is 5.88 Å². The molecule has 2 heterocycles. The van der Waals surface area contributed by atoms with Crippen LogP contribution in [0.25, 0.3) is 0 Å². The molecule has 0 saturated carbocycles. The molecule has 0 bridgehead atoms. The summed E-state index contributed by atoms with van der Waals surface area (Å²) in [5.41, 5.74) is 1.79. The van der Waals surface area contributed by atoms with Gasteiger partial charge in [-0.25, -0.2) is 9.78 Å². The monoisotopic (exact) mass is 297 g/mol. The number of carbonyl (C=O) groups is 1. The molecule has 0 N–H and O–H groups in total. The van der Waals surface area contributed by atoms with Gasteiger partial charge in [0.25, 0.3) is 0 Å². The van der Waals surface area contributed by atoms with Crippen molar-refractivity contribution >= 4 is 6.09 Å². The lowest BCUT2D eigenvalue weighted by molar-refractivity contribution is 0.140. The summed E-state index contributed by atoms with van der Waals surface area (Å²) in [6.45, 7) is 1.51. The lowest BCUT2D eigenvalue weighted by Crippen LogP contribution is -2.37. The summed E-state index contributed by atoms with van der Waals surface area (Å²) >= 11 is 0. The van der Waals surface area contributed by atoms with Crippen LogP contribution in [-0.4, -0.2) is 34.1 Å². The zero-order valence-electron chi connectivity index (χ0n) is 12.4. The first-order valence-corrected chi connectivity index (χ1v) is 7.63. The van der Waals surface area contributed by atoms with Crippen molar-refractivity contribution in [2.75, 3.05) is 13.1 Å². The van der Waals surface area contributed by atoms with Crippen LogP contribution in [0.1, 0.15) is 30.5 Å². The van der Waals surface area contributed by atoms with E-state index in [1.165, 1.54) is 6.42 Å². The molecule has 0 unspecified atom stereocenters. The van der Waals surface area contributed by atoms with Gasteiger partial charge in [-0.15, -0.1) is 0 Å². The fourth-order valence-corrected chi connectivity index (χ4v) is 2.57. The predicted molar refractivity (Wildman–Crippen MR) is 82.7 cm³/mol. The summed E-state index contributed by atoms with van der Waals surface area (Å²) in [5.74, 6) is 0.307. The molecule has 22 heavy (non-hydrogen) atoms. The minimum atomic E-state index is -0.325. The summed E-state index contributed by atoms with van der Waals surface area (Å²) < 4.78 is 5.47. The van der Waals surface area contributed by atoms with Crippen molar-refractivity contribution in [2.45, 2.75) is 25.7 Å². The van der Waals surface area contributed by atoms with Gasteiger partial charge >= 0.3 is 6.09 Å². The molecule has 5 nitrogen and oxygen atoms in total. The molecule has 0 spiro atoms. The highest BCUT2D eigenvalue weighted by atomic mass is 16.6. The minimum Gasteiger partial charge on any atom is -0.389 e. The highest BCUT2D eigenvalue weighted by Gasteiger charge is 2.20. The van der Waals surface area contributed by atoms with E-state index in [4.69, 9.17) is 4.74 Å². The van der Waals surface area contributed by atoms with Gasteiger partial charge in [-0.3, -0.25) is 4.98 Å². The molecule has 5 heteroatoms. The summed E-state index contributed by atoms with van der Waals surface area (Å²) in [7, 11) is 0. The zero-order valence-corrected chi connectivity index (χ0v) is 12.4. The maximum absolute atomic E-state index is 12.2. The molecular formula is C17H19N3O2. The zero-order chi connectivity index (χ0) is 15.2. The van der Waals surface area contributed by atoms with Gasteiger partial charge in [-0.2, -0.15) is 0 Å². The van der Waals surface area contributed by atoms with Crippen LogP contribution in [0.3, 0.4) is 0 Å². The Morgan fingerprint density at radius 3 is 2.55 bits per heavy atom. The number of rotatable bonds is 3. The average molecular weight is 297 g/mol. The number of aromatic nitrogens is 2. The van der Waals surface area contributed by atoms with Crippen LogP contribution < -0.4 is 4.74 Å². The second-order valence-electron chi connectivity index (χ2n) is 5.39. The number of hydrogen-bond donors (Lipinski definition) is 0. The minimum absolute atomic E-state index is 0.307. The van der Waals surface area contributed by atoms with Crippen LogP contribution in [0, 0.1) is 0 Å². The van der Waals surface area contributed by atoms with E-state index in [0.29, 0.717) is 18.0 Å². The number of amides is 1. The van der Waals surface area contributed by atoms with Gasteiger partial charge in [0.15, 0.2) is 0 Å². The molecule has 1 aliphatic rings. The molecule has 1 aromatic carbocycles. The van der Waals surface area contributed by atoms with E-state index in [1.807, 2.05) is 30.3 Å². The van der Waals surface area contributed by atoms with Crippen molar-refractivity contribution in [1.29, 1.82) is 0 Å². The fourth-order valence-electron chi connectivity index (χ4n) is 2.57. The summed E-state index contributed by atoms with van der Waals surface area (Å²) in [6.07, 6.45) is 6.68. The molecule has 114 valence electrons. The quantitative estimate of drug-likeness (QED) is 0.873. The predicted octanol–water partition coefficient (Wildman–Crippen LogP) is 3.05. The molecule has 0 atom stereocenters. The second-order valence-corrected chi connectivity index (χ2v) is 5.39. The molecule has 2 aromatic rings. The van der Waals surface area contributed by atoms with E-state index in [9.17, 15) is 4.79 Å². The highest BCUT2D eigenvalue weighted by Crippen LogP contribution is 2.18. The molecule has 1 aromatic heterocycles. The average Bonchev–Trinajstić information content (AvgIpc) is 2.58.